The van der Waals surface area contributed by atoms with Crippen LogP contribution in [0.1, 0.15) is 29.7 Å². The summed E-state index contributed by atoms with van der Waals surface area (Å²) in [7, 11) is 0. The Bertz CT molecular complexity index is 888. The summed E-state index contributed by atoms with van der Waals surface area (Å²) in [5, 5.41) is 8.46. The topological polar surface area (TPSA) is 70.2 Å². The summed E-state index contributed by atoms with van der Waals surface area (Å²) in [6, 6.07) is 9.50. The summed E-state index contributed by atoms with van der Waals surface area (Å²) in [5.41, 5.74) is 0.918. The Morgan fingerprint density at radius 1 is 1.07 bits per heavy atom. The maximum absolute atomic E-state index is 12.8. The Balaban J connectivity index is 1.81. The molecule has 0 bridgehead atoms. The molecule has 2 rings (SSSR count). The first-order valence-corrected chi connectivity index (χ1v) is 9.18. The highest BCUT2D eigenvalue weighted by atomic mass is 35.5. The van der Waals surface area contributed by atoms with Gasteiger partial charge in [0.2, 0.25) is 11.8 Å². The molecule has 2 aromatic rings. The van der Waals surface area contributed by atoms with Gasteiger partial charge in [0.1, 0.15) is 0 Å². The zero-order valence-electron chi connectivity index (χ0n) is 15.9. The van der Waals surface area contributed by atoms with Gasteiger partial charge in [-0.2, -0.15) is 13.2 Å². The van der Waals surface area contributed by atoms with E-state index >= 15 is 0 Å². The third kappa shape index (κ3) is 6.76. The molecular weight excluding hydrogens is 407 g/mol. The van der Waals surface area contributed by atoms with Crippen LogP contribution >= 0.6 is 11.6 Å². The van der Waals surface area contributed by atoms with Gasteiger partial charge in [0.15, 0.2) is 0 Å². The van der Waals surface area contributed by atoms with Gasteiger partial charge >= 0.3 is 6.18 Å². The van der Waals surface area contributed by atoms with E-state index in [9.17, 15) is 22.8 Å². The van der Waals surface area contributed by atoms with Gasteiger partial charge in [-0.25, -0.2) is 0 Å². The molecule has 0 spiro atoms. The first-order valence-electron chi connectivity index (χ1n) is 8.80. The summed E-state index contributed by atoms with van der Waals surface area (Å²) in [4.78, 5) is 23.9. The maximum Gasteiger partial charge on any atom is 0.416 e. The van der Waals surface area contributed by atoms with Crippen molar-refractivity contribution >= 4 is 29.1 Å². The van der Waals surface area contributed by atoms with E-state index in [1.807, 2.05) is 0 Å². The first-order chi connectivity index (χ1) is 13.6. The number of nitrogens with one attached hydrogen (secondary N) is 3. The summed E-state index contributed by atoms with van der Waals surface area (Å²) in [6.07, 6.45) is -4.43. The Morgan fingerprint density at radius 3 is 2.45 bits per heavy atom. The first kappa shape index (κ1) is 22.7. The van der Waals surface area contributed by atoms with Crippen LogP contribution in [0.25, 0.3) is 0 Å². The molecule has 5 nitrogen and oxygen atoms in total. The maximum atomic E-state index is 12.8. The van der Waals surface area contributed by atoms with Crippen molar-refractivity contribution in [2.75, 3.05) is 18.4 Å². The van der Waals surface area contributed by atoms with E-state index in [0.717, 1.165) is 12.1 Å². The quantitative estimate of drug-likeness (QED) is 0.623. The highest BCUT2D eigenvalue weighted by Gasteiger charge is 2.30. The highest BCUT2D eigenvalue weighted by molar-refractivity contribution is 6.31. The van der Waals surface area contributed by atoms with Gasteiger partial charge in [-0.3, -0.25) is 9.59 Å². The molecule has 0 aromatic heterocycles. The van der Waals surface area contributed by atoms with Crippen molar-refractivity contribution in [2.45, 2.75) is 26.1 Å². The van der Waals surface area contributed by atoms with Crippen molar-refractivity contribution in [3.63, 3.8) is 0 Å². The fraction of sp³-hybridized carbons (Fsp3) is 0.300. The van der Waals surface area contributed by atoms with Gasteiger partial charge in [0, 0.05) is 16.8 Å². The van der Waals surface area contributed by atoms with Crippen LogP contribution < -0.4 is 16.0 Å². The third-order valence-electron chi connectivity index (χ3n) is 4.27. The number of benzene rings is 2. The molecular formula is C20H21ClF3N3O2. The fourth-order valence-electron chi connectivity index (χ4n) is 2.53. The Kier molecular flexibility index (Phi) is 7.64. The average molecular weight is 428 g/mol. The van der Waals surface area contributed by atoms with E-state index < -0.39 is 29.6 Å². The smallest absolute Gasteiger partial charge is 0.346 e. The number of alkyl halides is 3. The molecule has 0 aliphatic heterocycles. The second-order valence-corrected chi connectivity index (χ2v) is 6.87. The summed E-state index contributed by atoms with van der Waals surface area (Å²) >= 11 is 5.99. The molecule has 0 unspecified atom stereocenters. The van der Waals surface area contributed by atoms with Gasteiger partial charge in [-0.1, -0.05) is 29.8 Å². The Morgan fingerprint density at radius 2 is 1.76 bits per heavy atom. The van der Waals surface area contributed by atoms with Crippen LogP contribution in [0.4, 0.5) is 18.9 Å². The minimum atomic E-state index is -4.43. The van der Waals surface area contributed by atoms with E-state index in [-0.39, 0.29) is 13.1 Å². The van der Waals surface area contributed by atoms with Gasteiger partial charge in [-0.15, -0.1) is 0 Å². The molecule has 2 aromatic carbocycles. The number of carbonyl (C=O) groups is 2. The number of amides is 2. The summed E-state index contributed by atoms with van der Waals surface area (Å²) < 4.78 is 38.4. The summed E-state index contributed by atoms with van der Waals surface area (Å²) in [5.74, 6) is -0.878. The number of hydrogen-bond donors (Lipinski definition) is 3. The van der Waals surface area contributed by atoms with Crippen LogP contribution in [-0.4, -0.2) is 24.9 Å². The molecule has 0 fully saturated rings. The lowest BCUT2D eigenvalue weighted by molar-refractivity contribution is -0.137. The molecule has 9 heteroatoms. The van der Waals surface area contributed by atoms with Crippen LogP contribution in [0, 0.1) is 6.92 Å². The van der Waals surface area contributed by atoms with Crippen LogP contribution in [0.5, 0.6) is 0 Å². The third-order valence-corrected chi connectivity index (χ3v) is 4.68. The van der Waals surface area contributed by atoms with Crippen LogP contribution in [0.2, 0.25) is 5.02 Å². The molecule has 3 N–H and O–H groups in total. The SMILES string of the molecule is Cc1c(Cl)cccc1NC(=O)CNC(=O)CN[C@@H](C)c1cccc(C(F)(F)F)c1. The highest BCUT2D eigenvalue weighted by Crippen LogP contribution is 2.30. The molecule has 156 valence electrons. The summed E-state index contributed by atoms with van der Waals surface area (Å²) in [6.45, 7) is 3.01. The molecule has 0 saturated heterocycles. The predicted molar refractivity (Wildman–Crippen MR) is 106 cm³/mol. The number of halogens is 4. The molecule has 0 radical (unpaired) electrons. The second kappa shape index (κ2) is 9.76. The zero-order chi connectivity index (χ0) is 21.6. The van der Waals surface area contributed by atoms with Crippen molar-refractivity contribution < 1.29 is 22.8 Å². The van der Waals surface area contributed by atoms with Crippen molar-refractivity contribution in [3.8, 4) is 0 Å². The second-order valence-electron chi connectivity index (χ2n) is 6.46. The predicted octanol–water partition coefficient (Wildman–Crippen LogP) is 4.07. The van der Waals surface area contributed by atoms with Crippen molar-refractivity contribution in [1.29, 1.82) is 0 Å². The molecule has 0 aliphatic carbocycles. The molecule has 0 heterocycles. The monoisotopic (exact) mass is 427 g/mol. The van der Waals surface area contributed by atoms with E-state index in [0.29, 0.717) is 21.8 Å². The minimum Gasteiger partial charge on any atom is -0.346 e. The fourth-order valence-corrected chi connectivity index (χ4v) is 2.70. The van der Waals surface area contributed by atoms with Crippen molar-refractivity contribution in [1.82, 2.24) is 10.6 Å². The number of hydrogen-bond acceptors (Lipinski definition) is 3. The van der Waals surface area contributed by atoms with E-state index in [1.54, 1.807) is 38.1 Å². The lowest BCUT2D eigenvalue weighted by Gasteiger charge is -2.16. The molecule has 29 heavy (non-hydrogen) atoms. The van der Waals surface area contributed by atoms with Crippen molar-refractivity contribution in [2.24, 2.45) is 0 Å². The van der Waals surface area contributed by atoms with E-state index in [1.165, 1.54) is 6.07 Å². The van der Waals surface area contributed by atoms with E-state index in [4.69, 9.17) is 11.6 Å². The zero-order valence-corrected chi connectivity index (χ0v) is 16.6. The van der Waals surface area contributed by atoms with Crippen LogP contribution in [-0.2, 0) is 15.8 Å². The number of anilines is 1. The average Bonchev–Trinajstić information content (AvgIpc) is 2.67. The molecule has 1 atom stereocenters. The van der Waals surface area contributed by atoms with Gasteiger partial charge in [-0.05, 0) is 49.2 Å². The number of carbonyl (C=O) groups excluding carboxylic acids is 2. The Labute approximate surface area is 171 Å². The minimum absolute atomic E-state index is 0.152. The van der Waals surface area contributed by atoms with Crippen LogP contribution in [0.15, 0.2) is 42.5 Å². The van der Waals surface area contributed by atoms with Crippen molar-refractivity contribution in [3.05, 3.63) is 64.2 Å². The molecule has 2 amide bonds. The standard InChI is InChI=1S/C20H21ClF3N3O2/c1-12-16(21)7-4-8-17(12)27-19(29)11-26-18(28)10-25-13(2)14-5-3-6-15(9-14)20(22,23)24/h3-9,13,25H,10-11H2,1-2H3,(H,26,28)(H,27,29)/t13-/m0/s1. The van der Waals surface area contributed by atoms with E-state index in [2.05, 4.69) is 16.0 Å². The van der Waals surface area contributed by atoms with Gasteiger partial charge in [0.05, 0.1) is 18.7 Å². The molecule has 0 aliphatic rings. The van der Waals surface area contributed by atoms with Crippen LogP contribution in [0.3, 0.4) is 0 Å². The lowest BCUT2D eigenvalue weighted by Crippen LogP contribution is -2.39. The largest absolute Gasteiger partial charge is 0.416 e. The molecule has 0 saturated carbocycles. The normalized spacial score (nSPS) is 12.3. The van der Waals surface area contributed by atoms with Gasteiger partial charge in [0.25, 0.3) is 0 Å². The Hall–Kier alpha value is -2.58. The number of rotatable bonds is 7. The van der Waals surface area contributed by atoms with Gasteiger partial charge < -0.3 is 16.0 Å². The lowest BCUT2D eigenvalue weighted by atomic mass is 10.0.